The number of hydrogen-bond donors (Lipinski definition) is 1. The first-order valence-electron chi connectivity index (χ1n) is 6.77. The van der Waals surface area contributed by atoms with Gasteiger partial charge in [0.25, 0.3) is 0 Å². The summed E-state index contributed by atoms with van der Waals surface area (Å²) in [6, 6.07) is 7.70. The Morgan fingerprint density at radius 3 is 3.00 bits per heavy atom. The van der Waals surface area contributed by atoms with E-state index in [1.54, 1.807) is 7.05 Å². The van der Waals surface area contributed by atoms with Crippen LogP contribution in [0.1, 0.15) is 24.8 Å². The van der Waals surface area contributed by atoms with Crippen LogP contribution in [0.5, 0.6) is 0 Å². The van der Waals surface area contributed by atoms with Gasteiger partial charge in [-0.25, -0.2) is 4.79 Å². The maximum atomic E-state index is 11.5. The van der Waals surface area contributed by atoms with Gasteiger partial charge in [0.15, 0.2) is 5.58 Å². The Labute approximate surface area is 115 Å². The van der Waals surface area contributed by atoms with E-state index in [-0.39, 0.29) is 22.6 Å². The van der Waals surface area contributed by atoms with E-state index >= 15 is 0 Å². The number of hydrogen-bond acceptors (Lipinski definition) is 4. The van der Waals surface area contributed by atoms with Crippen molar-refractivity contribution in [2.45, 2.75) is 30.7 Å². The molecule has 1 aromatic carbocycles. The van der Waals surface area contributed by atoms with Crippen molar-refractivity contribution in [2.75, 3.05) is 0 Å². The van der Waals surface area contributed by atoms with Crippen molar-refractivity contribution in [1.29, 1.82) is 5.26 Å². The number of nitrogens with two attached hydrogens (primary N) is 1. The van der Waals surface area contributed by atoms with Crippen LogP contribution in [0.15, 0.2) is 27.4 Å². The summed E-state index contributed by atoms with van der Waals surface area (Å²) in [5.41, 5.74) is 8.89. The first kappa shape index (κ1) is 11.7. The number of aromatic nitrogens is 1. The van der Waals surface area contributed by atoms with E-state index in [0.29, 0.717) is 5.58 Å². The van der Waals surface area contributed by atoms with Crippen LogP contribution in [0.2, 0.25) is 0 Å². The molecule has 2 aliphatic carbocycles. The molecule has 0 amide bonds. The van der Waals surface area contributed by atoms with E-state index in [1.807, 2.05) is 18.2 Å². The number of fused-ring (bicyclic) bond motifs is 2. The van der Waals surface area contributed by atoms with Crippen LogP contribution in [0, 0.1) is 16.7 Å². The quantitative estimate of drug-likeness (QED) is 0.912. The van der Waals surface area contributed by atoms with Crippen molar-refractivity contribution < 1.29 is 4.42 Å². The Morgan fingerprint density at radius 2 is 2.30 bits per heavy atom. The van der Waals surface area contributed by atoms with Crippen LogP contribution in [0.3, 0.4) is 0 Å². The highest BCUT2D eigenvalue weighted by Crippen LogP contribution is 2.87. The average Bonchev–Trinajstić information content (AvgIpc) is 3.20. The largest absolute Gasteiger partial charge is 0.419 e. The molecule has 0 radical (unpaired) electrons. The van der Waals surface area contributed by atoms with Gasteiger partial charge < -0.3 is 10.2 Å². The normalized spacial score (nSPS) is 31.6. The maximum Gasteiger partial charge on any atom is 0.419 e. The zero-order valence-corrected chi connectivity index (χ0v) is 11.2. The molecule has 2 aliphatic rings. The number of oxazole rings is 1. The highest BCUT2D eigenvalue weighted by Gasteiger charge is 2.82. The summed E-state index contributed by atoms with van der Waals surface area (Å²) < 4.78 is 6.68. The molecule has 5 heteroatoms. The van der Waals surface area contributed by atoms with Crippen molar-refractivity contribution in [3.8, 4) is 6.07 Å². The molecule has 2 fully saturated rings. The molecule has 4 rings (SSSR count). The number of rotatable bonds is 3. The van der Waals surface area contributed by atoms with Crippen molar-refractivity contribution in [1.82, 2.24) is 4.57 Å². The third-order valence-corrected chi connectivity index (χ3v) is 5.17. The molecule has 0 bridgehead atoms. The van der Waals surface area contributed by atoms with Gasteiger partial charge in [-0.2, -0.15) is 5.26 Å². The summed E-state index contributed by atoms with van der Waals surface area (Å²) in [6.45, 7) is 0. The smallest absolute Gasteiger partial charge is 0.408 e. The van der Waals surface area contributed by atoms with Crippen molar-refractivity contribution >= 4 is 11.1 Å². The summed E-state index contributed by atoms with van der Waals surface area (Å²) in [6.07, 6.45) is 2.98. The molecule has 2 saturated carbocycles. The second-order valence-electron chi connectivity index (χ2n) is 6.27. The lowest BCUT2D eigenvalue weighted by atomic mass is 10.0. The molecule has 1 atom stereocenters. The molecule has 1 aromatic heterocycles. The van der Waals surface area contributed by atoms with Crippen molar-refractivity contribution in [2.24, 2.45) is 18.2 Å². The molecule has 0 spiro atoms. The van der Waals surface area contributed by atoms with Gasteiger partial charge in [-0.1, -0.05) is 6.07 Å². The van der Waals surface area contributed by atoms with Crippen LogP contribution < -0.4 is 11.5 Å². The van der Waals surface area contributed by atoms with E-state index in [0.717, 1.165) is 24.8 Å². The van der Waals surface area contributed by atoms with E-state index in [4.69, 9.17) is 15.4 Å². The molecule has 1 unspecified atom stereocenters. The molecule has 20 heavy (non-hydrogen) atoms. The van der Waals surface area contributed by atoms with Gasteiger partial charge in [0.05, 0.1) is 17.6 Å². The monoisotopic (exact) mass is 269 g/mol. The summed E-state index contributed by atoms with van der Waals surface area (Å²) >= 11 is 0. The average molecular weight is 269 g/mol. The Hall–Kier alpha value is -2.06. The van der Waals surface area contributed by atoms with E-state index in [1.165, 1.54) is 10.1 Å². The minimum absolute atomic E-state index is 0.197. The van der Waals surface area contributed by atoms with E-state index in [2.05, 4.69) is 6.07 Å². The van der Waals surface area contributed by atoms with Crippen LogP contribution >= 0.6 is 0 Å². The molecule has 5 nitrogen and oxygen atoms in total. The fourth-order valence-electron chi connectivity index (χ4n) is 3.76. The van der Waals surface area contributed by atoms with Gasteiger partial charge in [0.1, 0.15) is 0 Å². The van der Waals surface area contributed by atoms with Crippen LogP contribution in [0.25, 0.3) is 11.1 Å². The molecular weight excluding hydrogens is 254 g/mol. The highest BCUT2D eigenvalue weighted by atomic mass is 16.4. The number of nitriles is 1. The second-order valence-corrected chi connectivity index (χ2v) is 6.27. The lowest BCUT2D eigenvalue weighted by Crippen LogP contribution is -2.19. The van der Waals surface area contributed by atoms with Gasteiger partial charge >= 0.3 is 5.76 Å². The first-order chi connectivity index (χ1) is 9.51. The maximum absolute atomic E-state index is 11.5. The molecule has 1 heterocycles. The predicted molar refractivity (Wildman–Crippen MR) is 73.0 cm³/mol. The van der Waals surface area contributed by atoms with Gasteiger partial charge in [0, 0.05) is 12.5 Å². The van der Waals surface area contributed by atoms with Crippen LogP contribution in [-0.2, 0) is 12.5 Å². The summed E-state index contributed by atoms with van der Waals surface area (Å²) in [4.78, 5) is 11.5. The van der Waals surface area contributed by atoms with Crippen LogP contribution in [0.4, 0.5) is 0 Å². The molecular formula is C15H15N3O2. The van der Waals surface area contributed by atoms with Gasteiger partial charge in [-0.3, -0.25) is 4.57 Å². The lowest BCUT2D eigenvalue weighted by Gasteiger charge is -2.03. The Balaban J connectivity index is 1.71. The Morgan fingerprint density at radius 1 is 1.55 bits per heavy atom. The molecule has 0 saturated heterocycles. The first-order valence-corrected chi connectivity index (χ1v) is 6.77. The third kappa shape index (κ3) is 1.27. The standard InChI is InChI=1S/C15H15N3O2/c1-18-11-4-9(2-3-12(11)20-13(18)19)15-7-14(15,8-15)5-10(17)6-16/h2-4,10H,5,7-8,17H2,1H3. The lowest BCUT2D eigenvalue weighted by molar-refractivity contribution is 0.528. The number of nitrogens with zero attached hydrogens (tertiary/aromatic N) is 2. The minimum atomic E-state index is -0.374. The molecule has 0 aliphatic heterocycles. The third-order valence-electron chi connectivity index (χ3n) is 5.17. The molecule has 102 valence electrons. The number of aryl methyl sites for hydroxylation is 1. The van der Waals surface area contributed by atoms with E-state index in [9.17, 15) is 4.79 Å². The predicted octanol–water partition coefficient (Wildman–Crippen LogP) is 1.40. The van der Waals surface area contributed by atoms with Crippen molar-refractivity contribution in [3.05, 3.63) is 34.3 Å². The number of benzene rings is 1. The van der Waals surface area contributed by atoms with Gasteiger partial charge in [0.2, 0.25) is 0 Å². The summed E-state index contributed by atoms with van der Waals surface area (Å²) in [7, 11) is 1.72. The van der Waals surface area contributed by atoms with Gasteiger partial charge in [-0.15, -0.1) is 0 Å². The Kier molecular flexibility index (Phi) is 1.96. The summed E-state index contributed by atoms with van der Waals surface area (Å²) in [5.74, 6) is -0.334. The fraction of sp³-hybridized carbons (Fsp3) is 0.467. The van der Waals surface area contributed by atoms with Crippen LogP contribution in [-0.4, -0.2) is 10.6 Å². The zero-order valence-electron chi connectivity index (χ0n) is 11.2. The molecule has 2 aromatic rings. The highest BCUT2D eigenvalue weighted by molar-refractivity contribution is 5.75. The Bertz CT molecular complexity index is 818. The zero-order chi connectivity index (χ0) is 14.1. The minimum Gasteiger partial charge on any atom is -0.408 e. The SMILES string of the molecule is Cn1c(=O)oc2ccc(C34CC3(CC(N)C#N)C4)cc21. The van der Waals surface area contributed by atoms with E-state index < -0.39 is 0 Å². The van der Waals surface area contributed by atoms with Crippen molar-refractivity contribution in [3.63, 3.8) is 0 Å². The topological polar surface area (TPSA) is 84.9 Å². The van der Waals surface area contributed by atoms with Gasteiger partial charge in [-0.05, 0) is 42.4 Å². The molecule has 2 N–H and O–H groups in total. The second kappa shape index (κ2) is 3.33. The summed E-state index contributed by atoms with van der Waals surface area (Å²) in [5, 5.41) is 8.85. The fourth-order valence-corrected chi connectivity index (χ4v) is 3.76.